The second-order valence-corrected chi connectivity index (χ2v) is 5.87. The number of carboxylic acids is 1. The molecule has 0 bridgehead atoms. The van der Waals surface area contributed by atoms with Crippen LogP contribution >= 0.6 is 0 Å². The van der Waals surface area contributed by atoms with E-state index in [1.54, 1.807) is 0 Å². The van der Waals surface area contributed by atoms with Crippen LogP contribution < -0.4 is 11.2 Å². The Morgan fingerprint density at radius 2 is 1.75 bits per heavy atom. The third-order valence-electron chi connectivity index (χ3n) is 3.88. The SMILES string of the molecule is CC1(C)OB(c2cc(N)c(F)c(C(=O)O)c2)OC1(C)C. The van der Waals surface area contributed by atoms with Gasteiger partial charge in [-0.15, -0.1) is 0 Å². The van der Waals surface area contributed by atoms with Gasteiger partial charge >= 0.3 is 13.1 Å². The molecule has 1 heterocycles. The largest absolute Gasteiger partial charge is 0.494 e. The van der Waals surface area contributed by atoms with Gasteiger partial charge in [0.25, 0.3) is 0 Å². The van der Waals surface area contributed by atoms with Crippen molar-refractivity contribution in [3.8, 4) is 0 Å². The van der Waals surface area contributed by atoms with Crippen molar-refractivity contribution in [2.24, 2.45) is 0 Å². The Balaban J connectivity index is 2.43. The molecule has 0 aromatic heterocycles. The van der Waals surface area contributed by atoms with Crippen molar-refractivity contribution >= 4 is 24.2 Å². The van der Waals surface area contributed by atoms with E-state index in [-0.39, 0.29) is 5.69 Å². The van der Waals surface area contributed by atoms with Gasteiger partial charge < -0.3 is 20.1 Å². The van der Waals surface area contributed by atoms with Crippen LogP contribution in [-0.2, 0) is 9.31 Å². The molecule has 2 rings (SSSR count). The molecule has 1 aliphatic heterocycles. The van der Waals surface area contributed by atoms with E-state index in [4.69, 9.17) is 20.1 Å². The van der Waals surface area contributed by atoms with E-state index in [0.29, 0.717) is 5.46 Å². The standard InChI is InChI=1S/C13H17BFNO4/c1-12(2)13(3,4)20-14(19-12)7-5-8(11(17)18)10(15)9(16)6-7/h5-6H,16H2,1-4H3,(H,17,18). The van der Waals surface area contributed by atoms with Gasteiger partial charge in [-0.3, -0.25) is 0 Å². The number of halogens is 1. The highest BCUT2D eigenvalue weighted by Crippen LogP contribution is 2.36. The lowest BCUT2D eigenvalue weighted by Gasteiger charge is -2.32. The fourth-order valence-corrected chi connectivity index (χ4v) is 1.94. The number of aromatic carboxylic acids is 1. The molecule has 0 unspecified atom stereocenters. The summed E-state index contributed by atoms with van der Waals surface area (Å²) >= 11 is 0. The third-order valence-corrected chi connectivity index (χ3v) is 3.88. The lowest BCUT2D eigenvalue weighted by atomic mass is 9.78. The first-order valence-corrected chi connectivity index (χ1v) is 6.23. The van der Waals surface area contributed by atoms with Crippen LogP contribution in [0.3, 0.4) is 0 Å². The molecule has 0 saturated carbocycles. The number of nitrogen functional groups attached to an aromatic ring is 1. The Morgan fingerprint density at radius 3 is 2.20 bits per heavy atom. The van der Waals surface area contributed by atoms with Gasteiger partial charge in [0, 0.05) is 0 Å². The fourth-order valence-electron chi connectivity index (χ4n) is 1.94. The molecule has 1 aliphatic rings. The molecule has 0 spiro atoms. The molecular weight excluding hydrogens is 264 g/mol. The number of anilines is 1. The van der Waals surface area contributed by atoms with E-state index in [1.807, 2.05) is 27.7 Å². The number of carboxylic acid groups (broad SMARTS) is 1. The smallest absolute Gasteiger partial charge is 0.478 e. The quantitative estimate of drug-likeness (QED) is 0.632. The van der Waals surface area contributed by atoms with E-state index < -0.39 is 35.7 Å². The Labute approximate surface area is 117 Å². The predicted octanol–water partition coefficient (Wildman–Crippen LogP) is 1.41. The van der Waals surface area contributed by atoms with Gasteiger partial charge in [-0.1, -0.05) is 0 Å². The number of nitrogens with two attached hydrogens (primary N) is 1. The molecule has 1 aromatic carbocycles. The molecule has 5 nitrogen and oxygen atoms in total. The van der Waals surface area contributed by atoms with Crippen LogP contribution in [0.5, 0.6) is 0 Å². The normalized spacial score (nSPS) is 20.1. The molecule has 0 aliphatic carbocycles. The summed E-state index contributed by atoms with van der Waals surface area (Å²) in [6.45, 7) is 7.49. The Bertz CT molecular complexity index is 558. The van der Waals surface area contributed by atoms with Crippen molar-refractivity contribution in [2.45, 2.75) is 38.9 Å². The lowest BCUT2D eigenvalue weighted by molar-refractivity contribution is 0.00578. The number of carbonyl (C=O) groups is 1. The molecule has 0 amide bonds. The van der Waals surface area contributed by atoms with Gasteiger partial charge in [0.05, 0.1) is 22.5 Å². The number of benzene rings is 1. The number of hydrogen-bond donors (Lipinski definition) is 2. The van der Waals surface area contributed by atoms with Crippen LogP contribution in [0.4, 0.5) is 10.1 Å². The minimum absolute atomic E-state index is 0.241. The summed E-state index contributed by atoms with van der Waals surface area (Å²) < 4.78 is 25.2. The van der Waals surface area contributed by atoms with Crippen molar-refractivity contribution in [2.75, 3.05) is 5.73 Å². The number of rotatable bonds is 2. The second-order valence-electron chi connectivity index (χ2n) is 5.87. The average molecular weight is 281 g/mol. The Kier molecular flexibility index (Phi) is 3.30. The van der Waals surface area contributed by atoms with Crippen LogP contribution in [0.25, 0.3) is 0 Å². The monoisotopic (exact) mass is 281 g/mol. The summed E-state index contributed by atoms with van der Waals surface area (Å²) in [4.78, 5) is 11.0. The van der Waals surface area contributed by atoms with E-state index >= 15 is 0 Å². The molecule has 1 saturated heterocycles. The zero-order valence-electron chi connectivity index (χ0n) is 11.9. The highest BCUT2D eigenvalue weighted by Gasteiger charge is 2.51. The first-order valence-electron chi connectivity index (χ1n) is 6.23. The molecule has 108 valence electrons. The molecule has 7 heteroatoms. The lowest BCUT2D eigenvalue weighted by Crippen LogP contribution is -2.41. The van der Waals surface area contributed by atoms with Crippen LogP contribution in [0, 0.1) is 5.82 Å². The summed E-state index contributed by atoms with van der Waals surface area (Å²) in [5.74, 6) is -2.33. The van der Waals surface area contributed by atoms with Gasteiger partial charge in [-0.2, -0.15) is 0 Å². The predicted molar refractivity (Wildman–Crippen MR) is 73.5 cm³/mol. The van der Waals surface area contributed by atoms with Gasteiger partial charge in [-0.05, 0) is 45.3 Å². The molecule has 1 aromatic rings. The molecule has 3 N–H and O–H groups in total. The highest BCUT2D eigenvalue weighted by molar-refractivity contribution is 6.62. The molecule has 0 atom stereocenters. The fraction of sp³-hybridized carbons (Fsp3) is 0.462. The maximum atomic E-state index is 13.6. The third kappa shape index (κ3) is 2.27. The summed E-state index contributed by atoms with van der Waals surface area (Å²) in [5, 5.41) is 8.99. The van der Waals surface area contributed by atoms with Gasteiger partial charge in [0.15, 0.2) is 5.82 Å². The maximum absolute atomic E-state index is 13.6. The molecule has 1 fully saturated rings. The maximum Gasteiger partial charge on any atom is 0.494 e. The number of hydrogen-bond acceptors (Lipinski definition) is 4. The Hall–Kier alpha value is -1.60. The minimum Gasteiger partial charge on any atom is -0.478 e. The van der Waals surface area contributed by atoms with Crippen molar-refractivity contribution in [3.63, 3.8) is 0 Å². The first kappa shape index (κ1) is 14.8. The molecule has 20 heavy (non-hydrogen) atoms. The summed E-state index contributed by atoms with van der Waals surface area (Å²) in [5.41, 5.74) is 4.04. The minimum atomic E-state index is -1.38. The zero-order chi connectivity index (χ0) is 15.3. The molecule has 0 radical (unpaired) electrons. The summed E-state index contributed by atoms with van der Waals surface area (Å²) in [6, 6.07) is 2.53. The van der Waals surface area contributed by atoms with E-state index in [2.05, 4.69) is 0 Å². The topological polar surface area (TPSA) is 81.8 Å². The van der Waals surface area contributed by atoms with E-state index in [9.17, 15) is 9.18 Å². The van der Waals surface area contributed by atoms with Gasteiger partial charge in [-0.25, -0.2) is 9.18 Å². The van der Waals surface area contributed by atoms with Crippen LogP contribution in [-0.4, -0.2) is 29.4 Å². The van der Waals surface area contributed by atoms with Gasteiger partial charge in [0.1, 0.15) is 0 Å². The zero-order valence-corrected chi connectivity index (χ0v) is 11.9. The Morgan fingerprint density at radius 1 is 1.25 bits per heavy atom. The van der Waals surface area contributed by atoms with Crippen molar-refractivity contribution < 1.29 is 23.6 Å². The van der Waals surface area contributed by atoms with Crippen molar-refractivity contribution in [1.82, 2.24) is 0 Å². The summed E-state index contributed by atoms with van der Waals surface area (Å²) in [6.07, 6.45) is 0. The second kappa shape index (κ2) is 4.46. The van der Waals surface area contributed by atoms with Crippen LogP contribution in [0.2, 0.25) is 0 Å². The van der Waals surface area contributed by atoms with E-state index in [1.165, 1.54) is 12.1 Å². The van der Waals surface area contributed by atoms with Crippen molar-refractivity contribution in [1.29, 1.82) is 0 Å². The van der Waals surface area contributed by atoms with Crippen LogP contribution in [0.15, 0.2) is 12.1 Å². The van der Waals surface area contributed by atoms with Crippen LogP contribution in [0.1, 0.15) is 38.1 Å². The highest BCUT2D eigenvalue weighted by atomic mass is 19.1. The summed E-state index contributed by atoms with van der Waals surface area (Å²) in [7, 11) is -0.777. The van der Waals surface area contributed by atoms with Crippen molar-refractivity contribution in [3.05, 3.63) is 23.5 Å². The van der Waals surface area contributed by atoms with Gasteiger partial charge in [0.2, 0.25) is 0 Å². The van der Waals surface area contributed by atoms with E-state index in [0.717, 1.165) is 0 Å². The first-order chi connectivity index (χ1) is 9.05. The average Bonchev–Trinajstić information content (AvgIpc) is 2.51. The molecular formula is C13H17BFNO4.